The van der Waals surface area contributed by atoms with E-state index in [1.54, 1.807) is 0 Å². The summed E-state index contributed by atoms with van der Waals surface area (Å²) in [5.74, 6) is 0. The topological polar surface area (TPSA) is 8.17 Å². The highest BCUT2D eigenvalue weighted by Crippen LogP contribution is 2.25. The summed E-state index contributed by atoms with van der Waals surface area (Å²) in [6.07, 6.45) is 13.0. The van der Waals surface area contributed by atoms with Crippen LogP contribution >= 0.6 is 28.2 Å². The molecule has 2 nitrogen and oxygen atoms in total. The minimum absolute atomic E-state index is 1.03. The van der Waals surface area contributed by atoms with Gasteiger partial charge in [0, 0.05) is 18.4 Å². The summed E-state index contributed by atoms with van der Waals surface area (Å²) in [5, 5.41) is 0. The van der Waals surface area contributed by atoms with Gasteiger partial charge in [0.15, 0.2) is 0 Å². The minimum atomic E-state index is 1.03. The largest absolute Gasteiger partial charge is 0.332 e. The second-order valence-corrected chi connectivity index (χ2v) is 6.38. The Labute approximate surface area is 104 Å². The third kappa shape index (κ3) is 2.82. The van der Waals surface area contributed by atoms with Crippen molar-refractivity contribution in [2.24, 2.45) is 0 Å². The molecule has 2 rings (SSSR count). The summed E-state index contributed by atoms with van der Waals surface area (Å²) in [7, 11) is 8.10. The third-order valence-corrected chi connectivity index (χ3v) is 3.68. The van der Waals surface area contributed by atoms with Crippen molar-refractivity contribution in [2.75, 3.05) is 6.54 Å². The molecule has 0 bridgehead atoms. The quantitative estimate of drug-likeness (QED) is 0.767. The molecule has 1 aliphatic rings. The van der Waals surface area contributed by atoms with Gasteiger partial charge >= 0.3 is 0 Å². The fourth-order valence-corrected chi connectivity index (χ4v) is 2.61. The van der Waals surface area contributed by atoms with Crippen molar-refractivity contribution in [1.82, 2.24) is 8.78 Å². The predicted octanol–water partition coefficient (Wildman–Crippen LogP) is 2.68. The Hall–Kier alpha value is 0.0100. The van der Waals surface area contributed by atoms with Crippen molar-refractivity contribution < 1.29 is 0 Å². The van der Waals surface area contributed by atoms with E-state index < -0.39 is 0 Å². The molecule has 0 amide bonds. The predicted molar refractivity (Wildman–Crippen MR) is 81.2 cm³/mol. The van der Waals surface area contributed by atoms with Crippen molar-refractivity contribution in [1.29, 1.82) is 0 Å². The number of fused-ring (bicyclic) bond motifs is 1. The molecular formula is C11H17N2P3. The van der Waals surface area contributed by atoms with E-state index in [2.05, 4.69) is 67.5 Å². The second-order valence-electron chi connectivity index (χ2n) is 3.90. The number of allylic oxidation sites excluding steroid dienone is 3. The van der Waals surface area contributed by atoms with Crippen molar-refractivity contribution in [3.63, 3.8) is 0 Å². The van der Waals surface area contributed by atoms with Crippen LogP contribution in [0.25, 0.3) is 6.08 Å². The summed E-state index contributed by atoms with van der Waals surface area (Å²) in [6.45, 7) is 1.03. The van der Waals surface area contributed by atoms with Crippen LogP contribution in [0.5, 0.6) is 0 Å². The number of nitrogens with zero attached hydrogens (tertiary/aromatic N) is 2. The molecule has 86 valence electrons. The molecule has 3 atom stereocenters. The lowest BCUT2D eigenvalue weighted by molar-refractivity contribution is 0.723. The highest BCUT2D eigenvalue weighted by molar-refractivity contribution is 7.30. The molecule has 0 radical (unpaired) electrons. The molecule has 0 N–H and O–H groups in total. The molecule has 0 saturated heterocycles. The highest BCUT2D eigenvalue weighted by atomic mass is 31.1. The van der Waals surface area contributed by atoms with Gasteiger partial charge in [-0.15, -0.1) is 0 Å². The summed E-state index contributed by atoms with van der Waals surface area (Å²) in [4.78, 5) is 0. The zero-order valence-corrected chi connectivity index (χ0v) is 12.6. The highest BCUT2D eigenvalue weighted by Gasteiger charge is 2.12. The number of rotatable bonds is 3. The number of aromatic nitrogens is 1. The van der Waals surface area contributed by atoms with E-state index in [1.165, 1.54) is 16.8 Å². The minimum Gasteiger partial charge on any atom is -0.332 e. The van der Waals surface area contributed by atoms with E-state index in [0.717, 1.165) is 19.4 Å². The molecule has 1 heterocycles. The van der Waals surface area contributed by atoms with Gasteiger partial charge in [0.1, 0.15) is 0 Å². The first-order valence-corrected chi connectivity index (χ1v) is 6.81. The monoisotopic (exact) mass is 270 g/mol. The standard InChI is InChI=1S/C11H17N2P3/c14-12-8-9(6-7-13(15)16)10-4-2-1-3-5-11(10)12/h1-3,5,8H,4,6-7,14-16H2. The van der Waals surface area contributed by atoms with Gasteiger partial charge in [-0.1, -0.05) is 37.0 Å². The smallest absolute Gasteiger partial charge is 0.0474 e. The average Bonchev–Trinajstić information content (AvgIpc) is 2.43. The van der Waals surface area contributed by atoms with Crippen molar-refractivity contribution in [3.8, 4) is 0 Å². The number of hydrogen-bond donors (Lipinski definition) is 0. The molecule has 0 aromatic carbocycles. The van der Waals surface area contributed by atoms with Crippen LogP contribution in [0.15, 0.2) is 24.4 Å². The molecule has 0 spiro atoms. The van der Waals surface area contributed by atoms with Gasteiger partial charge in [-0.25, -0.2) is 0 Å². The SMILES string of the molecule is PN(P)CCc1cn(P)c2c1CC=CC=C2. The molecule has 1 aromatic heterocycles. The van der Waals surface area contributed by atoms with Crippen LogP contribution in [-0.2, 0) is 12.8 Å². The summed E-state index contributed by atoms with van der Waals surface area (Å²) in [5.41, 5.74) is 4.21. The first-order valence-electron chi connectivity index (χ1n) is 5.27. The van der Waals surface area contributed by atoms with Crippen molar-refractivity contribution >= 4 is 34.2 Å². The molecular weight excluding hydrogens is 253 g/mol. The first-order chi connectivity index (χ1) is 7.68. The van der Waals surface area contributed by atoms with Gasteiger partial charge < -0.3 is 4.34 Å². The maximum Gasteiger partial charge on any atom is 0.0474 e. The fourth-order valence-electron chi connectivity index (χ4n) is 1.93. The Morgan fingerprint density at radius 1 is 1.31 bits per heavy atom. The van der Waals surface area contributed by atoms with Gasteiger partial charge in [0.05, 0.1) is 0 Å². The molecule has 0 saturated carbocycles. The van der Waals surface area contributed by atoms with Crippen LogP contribution < -0.4 is 0 Å². The van der Waals surface area contributed by atoms with E-state index in [-0.39, 0.29) is 0 Å². The van der Waals surface area contributed by atoms with Crippen molar-refractivity contribution in [2.45, 2.75) is 12.8 Å². The van der Waals surface area contributed by atoms with Crippen molar-refractivity contribution in [3.05, 3.63) is 41.2 Å². The maximum absolute atomic E-state index is 2.76. The Bertz CT molecular complexity index is 433. The zero-order valence-electron chi connectivity index (χ0n) is 9.13. The first kappa shape index (κ1) is 12.5. The lowest BCUT2D eigenvalue weighted by Crippen LogP contribution is -2.03. The molecule has 3 unspecified atom stereocenters. The fraction of sp³-hybridized carbons (Fsp3) is 0.273. The summed E-state index contributed by atoms with van der Waals surface area (Å²) >= 11 is 0. The van der Waals surface area contributed by atoms with E-state index in [1.807, 2.05) is 0 Å². The van der Waals surface area contributed by atoms with Gasteiger partial charge in [-0.05, 0) is 39.4 Å². The van der Waals surface area contributed by atoms with Gasteiger partial charge in [-0.3, -0.25) is 4.44 Å². The zero-order chi connectivity index (χ0) is 11.5. The van der Waals surface area contributed by atoms with Crippen LogP contribution in [0, 0.1) is 0 Å². The van der Waals surface area contributed by atoms with E-state index in [4.69, 9.17) is 0 Å². The Kier molecular flexibility index (Phi) is 4.34. The van der Waals surface area contributed by atoms with Crippen LogP contribution in [-0.4, -0.2) is 15.3 Å². The average molecular weight is 270 g/mol. The van der Waals surface area contributed by atoms with Crippen LogP contribution in [0.1, 0.15) is 16.8 Å². The van der Waals surface area contributed by atoms with Crippen LogP contribution in [0.3, 0.4) is 0 Å². The Morgan fingerprint density at radius 2 is 2.12 bits per heavy atom. The molecule has 1 aliphatic carbocycles. The second kappa shape index (κ2) is 5.56. The summed E-state index contributed by atoms with van der Waals surface area (Å²) in [6, 6.07) is 0. The molecule has 0 fully saturated rings. The number of hydrogen-bond acceptors (Lipinski definition) is 1. The summed E-state index contributed by atoms with van der Waals surface area (Å²) < 4.78 is 4.21. The van der Waals surface area contributed by atoms with Crippen LogP contribution in [0.4, 0.5) is 0 Å². The third-order valence-electron chi connectivity index (χ3n) is 2.73. The maximum atomic E-state index is 2.76. The van der Waals surface area contributed by atoms with Gasteiger partial charge in [0.2, 0.25) is 0 Å². The molecule has 0 aliphatic heterocycles. The molecule has 1 aromatic rings. The van der Waals surface area contributed by atoms with Gasteiger partial charge in [-0.2, -0.15) is 0 Å². The lowest BCUT2D eigenvalue weighted by Gasteiger charge is -2.08. The molecule has 5 heteroatoms. The molecule has 16 heavy (non-hydrogen) atoms. The van der Waals surface area contributed by atoms with Gasteiger partial charge in [0.25, 0.3) is 0 Å². The van der Waals surface area contributed by atoms with E-state index >= 15 is 0 Å². The van der Waals surface area contributed by atoms with E-state index in [0.29, 0.717) is 0 Å². The Balaban J connectivity index is 2.26. The van der Waals surface area contributed by atoms with Crippen LogP contribution in [0.2, 0.25) is 0 Å². The lowest BCUT2D eigenvalue weighted by atomic mass is 10.1. The van der Waals surface area contributed by atoms with E-state index in [9.17, 15) is 0 Å². The Morgan fingerprint density at radius 3 is 2.88 bits per heavy atom. The normalized spacial score (nSPS) is 14.2.